The fourth-order valence-corrected chi connectivity index (χ4v) is 4.34. The standard InChI is InChI=1S/C22H17FN2O/c23-18-11-17(22(24)26)16-10-12-4-1-2-5-13(12)20(16)21(18)15-6-3-7-19-14(15)8-9-25-19/h1-7,11,25H,8-10H2,(H2,24,26). The third kappa shape index (κ3) is 2.02. The number of halogens is 1. The Morgan fingerprint density at radius 3 is 2.65 bits per heavy atom. The summed E-state index contributed by atoms with van der Waals surface area (Å²) in [5.41, 5.74) is 13.2. The molecule has 1 heterocycles. The molecule has 0 fully saturated rings. The predicted octanol–water partition coefficient (Wildman–Crippen LogP) is 4.13. The Morgan fingerprint density at radius 2 is 1.81 bits per heavy atom. The summed E-state index contributed by atoms with van der Waals surface area (Å²) < 4.78 is 15.3. The molecule has 0 saturated carbocycles. The van der Waals surface area contributed by atoms with Gasteiger partial charge in [0, 0.05) is 23.4 Å². The number of nitrogens with two attached hydrogens (primary N) is 1. The van der Waals surface area contributed by atoms with Crippen molar-refractivity contribution < 1.29 is 9.18 Å². The molecule has 0 aromatic heterocycles. The second kappa shape index (κ2) is 5.43. The molecule has 0 unspecified atom stereocenters. The minimum Gasteiger partial charge on any atom is -0.384 e. The van der Waals surface area contributed by atoms with Gasteiger partial charge in [-0.05, 0) is 58.4 Å². The number of primary amides is 1. The van der Waals surface area contributed by atoms with Gasteiger partial charge >= 0.3 is 0 Å². The first-order valence-corrected chi connectivity index (χ1v) is 8.74. The van der Waals surface area contributed by atoms with Gasteiger partial charge in [0.1, 0.15) is 5.82 Å². The van der Waals surface area contributed by atoms with Gasteiger partial charge in [-0.1, -0.05) is 36.4 Å². The Morgan fingerprint density at radius 1 is 1.00 bits per heavy atom. The highest BCUT2D eigenvalue weighted by Gasteiger charge is 2.30. The molecule has 3 nitrogen and oxygen atoms in total. The van der Waals surface area contributed by atoms with E-state index in [1.807, 2.05) is 42.5 Å². The first kappa shape index (κ1) is 15.1. The van der Waals surface area contributed by atoms with Crippen molar-refractivity contribution in [1.82, 2.24) is 0 Å². The molecule has 4 heteroatoms. The lowest BCUT2D eigenvalue weighted by Crippen LogP contribution is -2.14. The highest BCUT2D eigenvalue weighted by atomic mass is 19.1. The molecule has 5 rings (SSSR count). The van der Waals surface area contributed by atoms with Crippen LogP contribution in [0.4, 0.5) is 10.1 Å². The molecule has 26 heavy (non-hydrogen) atoms. The lowest BCUT2D eigenvalue weighted by molar-refractivity contribution is 0.0999. The summed E-state index contributed by atoms with van der Waals surface area (Å²) in [4.78, 5) is 11.9. The Labute approximate surface area is 150 Å². The zero-order valence-electron chi connectivity index (χ0n) is 14.1. The number of hydrogen-bond donors (Lipinski definition) is 2. The smallest absolute Gasteiger partial charge is 0.249 e. The van der Waals surface area contributed by atoms with Crippen LogP contribution in [-0.4, -0.2) is 12.5 Å². The second-order valence-electron chi connectivity index (χ2n) is 6.84. The van der Waals surface area contributed by atoms with E-state index in [9.17, 15) is 4.79 Å². The van der Waals surface area contributed by atoms with Crippen molar-refractivity contribution in [3.8, 4) is 22.3 Å². The van der Waals surface area contributed by atoms with Crippen LogP contribution in [0.2, 0.25) is 0 Å². The van der Waals surface area contributed by atoms with Crippen LogP contribution in [-0.2, 0) is 12.8 Å². The van der Waals surface area contributed by atoms with E-state index in [-0.39, 0.29) is 5.56 Å². The van der Waals surface area contributed by atoms with Gasteiger partial charge in [0.25, 0.3) is 0 Å². The van der Waals surface area contributed by atoms with Crippen molar-refractivity contribution in [2.24, 2.45) is 5.73 Å². The minimum atomic E-state index is -0.584. The number of anilines is 1. The Kier molecular flexibility index (Phi) is 3.16. The van der Waals surface area contributed by atoms with Gasteiger partial charge in [0.2, 0.25) is 5.91 Å². The Balaban J connectivity index is 1.88. The van der Waals surface area contributed by atoms with E-state index in [0.717, 1.165) is 52.0 Å². The van der Waals surface area contributed by atoms with Crippen LogP contribution >= 0.6 is 0 Å². The maximum absolute atomic E-state index is 15.3. The summed E-state index contributed by atoms with van der Waals surface area (Å²) >= 11 is 0. The fourth-order valence-electron chi connectivity index (χ4n) is 4.34. The van der Waals surface area contributed by atoms with Gasteiger partial charge in [0.05, 0.1) is 0 Å². The van der Waals surface area contributed by atoms with Gasteiger partial charge in [-0.2, -0.15) is 0 Å². The van der Waals surface area contributed by atoms with Gasteiger partial charge < -0.3 is 11.1 Å². The number of carbonyl (C=O) groups excluding carboxylic acids is 1. The summed E-state index contributed by atoms with van der Waals surface area (Å²) in [6.07, 6.45) is 1.46. The minimum absolute atomic E-state index is 0.281. The first-order chi connectivity index (χ1) is 12.6. The average molecular weight is 344 g/mol. The van der Waals surface area contributed by atoms with Crippen LogP contribution < -0.4 is 11.1 Å². The first-order valence-electron chi connectivity index (χ1n) is 8.74. The van der Waals surface area contributed by atoms with Crippen LogP contribution in [0, 0.1) is 5.82 Å². The summed E-state index contributed by atoms with van der Waals surface area (Å²) in [7, 11) is 0. The van der Waals surface area contributed by atoms with Crippen LogP contribution in [0.5, 0.6) is 0 Å². The molecule has 0 saturated heterocycles. The lowest BCUT2D eigenvalue weighted by Gasteiger charge is -2.16. The molecule has 128 valence electrons. The SMILES string of the molecule is NC(=O)c1cc(F)c(-c2cccc3c2CCN3)c2c1Cc1ccccc1-2. The Bertz CT molecular complexity index is 1090. The van der Waals surface area contributed by atoms with Crippen molar-refractivity contribution in [3.63, 3.8) is 0 Å². The fraction of sp³-hybridized carbons (Fsp3) is 0.136. The van der Waals surface area contributed by atoms with Crippen LogP contribution in [0.1, 0.15) is 27.0 Å². The second-order valence-corrected chi connectivity index (χ2v) is 6.84. The van der Waals surface area contributed by atoms with Gasteiger partial charge in [-0.25, -0.2) is 4.39 Å². The molecule has 2 aliphatic rings. The van der Waals surface area contributed by atoms with Crippen molar-refractivity contribution in [3.05, 3.63) is 76.6 Å². The third-order valence-corrected chi connectivity index (χ3v) is 5.44. The van der Waals surface area contributed by atoms with Crippen LogP contribution in [0.25, 0.3) is 22.3 Å². The number of carbonyl (C=O) groups is 1. The zero-order chi connectivity index (χ0) is 17.8. The predicted molar refractivity (Wildman–Crippen MR) is 101 cm³/mol. The number of hydrogen-bond acceptors (Lipinski definition) is 2. The van der Waals surface area contributed by atoms with E-state index in [0.29, 0.717) is 12.0 Å². The molecular weight excluding hydrogens is 327 g/mol. The van der Waals surface area contributed by atoms with Crippen LogP contribution in [0.3, 0.4) is 0 Å². The summed E-state index contributed by atoms with van der Waals surface area (Å²) in [5, 5.41) is 3.35. The number of nitrogens with one attached hydrogen (secondary N) is 1. The molecule has 0 atom stereocenters. The topological polar surface area (TPSA) is 55.1 Å². The molecule has 0 bridgehead atoms. The number of benzene rings is 3. The summed E-state index contributed by atoms with van der Waals surface area (Å²) in [6, 6.07) is 15.2. The third-order valence-electron chi connectivity index (χ3n) is 5.44. The summed E-state index contributed by atoms with van der Waals surface area (Å²) in [6.45, 7) is 0.853. The van der Waals surface area contributed by atoms with E-state index in [1.54, 1.807) is 0 Å². The zero-order valence-corrected chi connectivity index (χ0v) is 14.1. The van der Waals surface area contributed by atoms with Crippen molar-refractivity contribution in [2.45, 2.75) is 12.8 Å². The monoisotopic (exact) mass is 344 g/mol. The highest BCUT2D eigenvalue weighted by Crippen LogP contribution is 2.47. The molecule has 3 aromatic rings. The highest BCUT2D eigenvalue weighted by molar-refractivity contribution is 6.02. The van der Waals surface area contributed by atoms with Gasteiger partial charge in [-0.3, -0.25) is 4.79 Å². The van der Waals surface area contributed by atoms with Gasteiger partial charge in [-0.15, -0.1) is 0 Å². The lowest BCUT2D eigenvalue weighted by atomic mass is 9.88. The molecule has 1 aliphatic carbocycles. The number of rotatable bonds is 2. The van der Waals surface area contributed by atoms with Crippen molar-refractivity contribution >= 4 is 11.6 Å². The molecular formula is C22H17FN2O. The maximum Gasteiger partial charge on any atom is 0.249 e. The molecule has 0 radical (unpaired) electrons. The largest absolute Gasteiger partial charge is 0.384 e. The molecule has 1 amide bonds. The molecule has 0 spiro atoms. The Hall–Kier alpha value is -3.14. The van der Waals surface area contributed by atoms with E-state index in [1.165, 1.54) is 6.07 Å². The number of fused-ring (bicyclic) bond motifs is 4. The normalized spacial score (nSPS) is 13.7. The molecule has 3 aromatic carbocycles. The van der Waals surface area contributed by atoms with E-state index >= 15 is 4.39 Å². The van der Waals surface area contributed by atoms with E-state index < -0.39 is 11.7 Å². The molecule has 1 aliphatic heterocycles. The van der Waals surface area contributed by atoms with Crippen molar-refractivity contribution in [1.29, 1.82) is 0 Å². The molecule has 3 N–H and O–H groups in total. The quantitative estimate of drug-likeness (QED) is 0.574. The number of amides is 1. The van der Waals surface area contributed by atoms with Gasteiger partial charge in [0.15, 0.2) is 0 Å². The van der Waals surface area contributed by atoms with E-state index in [2.05, 4.69) is 5.32 Å². The van der Waals surface area contributed by atoms with E-state index in [4.69, 9.17) is 5.73 Å². The van der Waals surface area contributed by atoms with Crippen molar-refractivity contribution in [2.75, 3.05) is 11.9 Å². The summed E-state index contributed by atoms with van der Waals surface area (Å²) in [5.74, 6) is -0.978. The average Bonchev–Trinajstić information content (AvgIpc) is 3.25. The van der Waals surface area contributed by atoms with Crippen LogP contribution in [0.15, 0.2) is 48.5 Å². The maximum atomic E-state index is 15.3.